The average Bonchev–Trinajstić information content (AvgIpc) is 3.44. The van der Waals surface area contributed by atoms with E-state index in [0.29, 0.717) is 92.5 Å². The van der Waals surface area contributed by atoms with Gasteiger partial charge in [0.25, 0.3) is 0 Å². The molecule has 1 atom stereocenters. The second kappa shape index (κ2) is 20.5. The van der Waals surface area contributed by atoms with E-state index in [9.17, 15) is 0 Å². The Balaban J connectivity index is 0.997. The van der Waals surface area contributed by atoms with Crippen molar-refractivity contribution >= 4 is 0 Å². The molecule has 0 N–H and O–H groups in total. The first-order valence-electron chi connectivity index (χ1n) is 16.2. The lowest BCUT2D eigenvalue weighted by atomic mass is 9.80. The van der Waals surface area contributed by atoms with E-state index >= 15 is 0 Å². The molecule has 0 saturated carbocycles. The highest BCUT2D eigenvalue weighted by molar-refractivity contribution is 5.47. The Hall–Kier alpha value is -2.70. The molecule has 1 fully saturated rings. The van der Waals surface area contributed by atoms with Crippen LogP contribution in [0.25, 0.3) is 0 Å². The molecule has 9 nitrogen and oxygen atoms in total. The van der Waals surface area contributed by atoms with Crippen molar-refractivity contribution in [1.29, 1.82) is 0 Å². The van der Waals surface area contributed by atoms with Crippen molar-refractivity contribution < 1.29 is 42.6 Å². The maximum Gasteiger partial charge on any atom is 0.163 e. The van der Waals surface area contributed by atoms with Crippen LogP contribution < -0.4 is 0 Å². The van der Waals surface area contributed by atoms with E-state index in [1.165, 1.54) is 0 Å². The van der Waals surface area contributed by atoms with Gasteiger partial charge in [0.1, 0.15) is 11.7 Å². The lowest BCUT2D eigenvalue weighted by molar-refractivity contribution is -0.145. The van der Waals surface area contributed by atoms with Crippen LogP contribution >= 0.6 is 0 Å². The summed E-state index contributed by atoms with van der Waals surface area (Å²) in [6.45, 7) is 10.8. The first kappa shape index (κ1) is 36.1. The molecule has 1 aliphatic rings. The summed E-state index contributed by atoms with van der Waals surface area (Å²) >= 11 is 0. The Bertz CT molecular complexity index is 1080. The lowest BCUT2D eigenvalue weighted by Gasteiger charge is -2.36. The molecule has 1 saturated heterocycles. The standard InChI is InChI=1S/C37H50O9/c1-36(2)45-31-35(46-36)30-43-27-26-41-23-22-39-19-18-38-20-21-40-24-25-42-28-29-44-37(32-12-6-3-7-13-32,33-14-8-4-9-15-33)34-16-10-5-11-17-34/h3-17,35H,18-31H2,1-2H3. The second-order valence-corrected chi connectivity index (χ2v) is 11.2. The third-order valence-corrected chi connectivity index (χ3v) is 7.32. The molecule has 9 heteroatoms. The molecular formula is C37H50O9. The van der Waals surface area contributed by atoms with Crippen molar-refractivity contribution in [2.75, 3.05) is 92.5 Å². The van der Waals surface area contributed by atoms with Crippen LogP contribution in [0.15, 0.2) is 91.0 Å². The Morgan fingerprint density at radius 3 is 1.22 bits per heavy atom. The molecule has 0 amide bonds. The van der Waals surface area contributed by atoms with Crippen molar-refractivity contribution in [3.05, 3.63) is 108 Å². The van der Waals surface area contributed by atoms with Crippen LogP contribution in [0.4, 0.5) is 0 Å². The quantitative estimate of drug-likeness (QED) is 0.0966. The van der Waals surface area contributed by atoms with E-state index in [4.69, 9.17) is 42.6 Å². The summed E-state index contributed by atoms with van der Waals surface area (Å²) in [5.74, 6) is -0.519. The number of benzene rings is 3. The maximum absolute atomic E-state index is 6.72. The summed E-state index contributed by atoms with van der Waals surface area (Å²) in [6.07, 6.45) is -0.0185. The minimum atomic E-state index is -0.744. The summed E-state index contributed by atoms with van der Waals surface area (Å²) in [4.78, 5) is 0. The zero-order valence-electron chi connectivity index (χ0n) is 27.3. The van der Waals surface area contributed by atoms with Gasteiger partial charge in [-0.15, -0.1) is 0 Å². The molecule has 46 heavy (non-hydrogen) atoms. The SMILES string of the molecule is CC1(C)OCC(COCCOCCOCCOCCOCCOCCOC(c2ccccc2)(c2ccccc2)c2ccccc2)O1. The smallest absolute Gasteiger partial charge is 0.163 e. The van der Waals surface area contributed by atoms with Crippen LogP contribution in [-0.4, -0.2) is 104 Å². The third-order valence-electron chi connectivity index (χ3n) is 7.32. The number of hydrogen-bond donors (Lipinski definition) is 0. The normalized spacial score (nSPS) is 16.2. The van der Waals surface area contributed by atoms with Crippen molar-refractivity contribution in [2.45, 2.75) is 31.3 Å². The first-order valence-corrected chi connectivity index (χ1v) is 16.2. The van der Waals surface area contributed by atoms with Crippen molar-refractivity contribution in [3.63, 3.8) is 0 Å². The van der Waals surface area contributed by atoms with Crippen molar-refractivity contribution in [3.8, 4) is 0 Å². The van der Waals surface area contributed by atoms with E-state index < -0.39 is 11.4 Å². The Kier molecular flexibility index (Phi) is 16.1. The fourth-order valence-electron chi connectivity index (χ4n) is 5.18. The minimum Gasteiger partial charge on any atom is -0.377 e. The predicted molar refractivity (Wildman–Crippen MR) is 175 cm³/mol. The molecule has 1 unspecified atom stereocenters. The summed E-state index contributed by atoms with van der Waals surface area (Å²) in [6, 6.07) is 31.0. The molecule has 4 rings (SSSR count). The Morgan fingerprint density at radius 2 is 0.870 bits per heavy atom. The van der Waals surface area contributed by atoms with E-state index in [0.717, 1.165) is 16.7 Å². The van der Waals surface area contributed by atoms with Crippen LogP contribution in [0.3, 0.4) is 0 Å². The highest BCUT2D eigenvalue weighted by Crippen LogP contribution is 2.40. The monoisotopic (exact) mass is 638 g/mol. The van der Waals surface area contributed by atoms with Gasteiger partial charge in [-0.1, -0.05) is 91.0 Å². The molecule has 0 aliphatic carbocycles. The maximum atomic E-state index is 6.72. The molecule has 1 heterocycles. The zero-order valence-corrected chi connectivity index (χ0v) is 27.3. The van der Waals surface area contributed by atoms with Gasteiger partial charge < -0.3 is 42.6 Å². The van der Waals surface area contributed by atoms with Crippen LogP contribution in [0.2, 0.25) is 0 Å². The molecule has 0 bridgehead atoms. The predicted octanol–water partition coefficient (Wildman–Crippen LogP) is 5.25. The van der Waals surface area contributed by atoms with Crippen LogP contribution in [-0.2, 0) is 48.2 Å². The Morgan fingerprint density at radius 1 is 0.522 bits per heavy atom. The lowest BCUT2D eigenvalue weighted by Crippen LogP contribution is -2.34. The largest absolute Gasteiger partial charge is 0.377 e. The van der Waals surface area contributed by atoms with Crippen molar-refractivity contribution in [2.24, 2.45) is 0 Å². The van der Waals surface area contributed by atoms with Gasteiger partial charge in [0.15, 0.2) is 5.79 Å². The molecule has 0 aromatic heterocycles. The van der Waals surface area contributed by atoms with Gasteiger partial charge in [-0.3, -0.25) is 0 Å². The molecule has 1 aliphatic heterocycles. The second-order valence-electron chi connectivity index (χ2n) is 11.2. The Labute approximate surface area is 273 Å². The van der Waals surface area contributed by atoms with E-state index in [1.54, 1.807) is 0 Å². The third kappa shape index (κ3) is 12.2. The molecule has 0 spiro atoms. The molecule has 3 aromatic carbocycles. The fraction of sp³-hybridized carbons (Fsp3) is 0.514. The summed E-state index contributed by atoms with van der Waals surface area (Å²) < 4.78 is 51.6. The van der Waals surface area contributed by atoms with Gasteiger partial charge >= 0.3 is 0 Å². The molecule has 3 aromatic rings. The molecular weight excluding hydrogens is 588 g/mol. The van der Waals surface area contributed by atoms with Crippen LogP contribution in [0, 0.1) is 0 Å². The van der Waals surface area contributed by atoms with Crippen LogP contribution in [0.5, 0.6) is 0 Å². The summed E-state index contributed by atoms with van der Waals surface area (Å²) in [5, 5.41) is 0. The molecule has 0 radical (unpaired) electrons. The van der Waals surface area contributed by atoms with E-state index in [1.807, 2.05) is 68.4 Å². The van der Waals surface area contributed by atoms with Gasteiger partial charge in [-0.2, -0.15) is 0 Å². The van der Waals surface area contributed by atoms with Gasteiger partial charge in [0, 0.05) is 0 Å². The minimum absolute atomic E-state index is 0.0185. The van der Waals surface area contributed by atoms with Crippen LogP contribution in [0.1, 0.15) is 30.5 Å². The summed E-state index contributed by atoms with van der Waals surface area (Å²) in [7, 11) is 0. The van der Waals surface area contributed by atoms with Gasteiger partial charge in [-0.05, 0) is 30.5 Å². The number of ether oxygens (including phenoxy) is 9. The van der Waals surface area contributed by atoms with Gasteiger partial charge in [0.2, 0.25) is 0 Å². The van der Waals surface area contributed by atoms with Gasteiger partial charge in [0.05, 0.1) is 92.5 Å². The van der Waals surface area contributed by atoms with E-state index in [2.05, 4.69) is 36.4 Å². The summed E-state index contributed by atoms with van der Waals surface area (Å²) in [5.41, 5.74) is 2.47. The topological polar surface area (TPSA) is 83.1 Å². The van der Waals surface area contributed by atoms with Gasteiger partial charge in [-0.25, -0.2) is 0 Å². The fourth-order valence-corrected chi connectivity index (χ4v) is 5.18. The van der Waals surface area contributed by atoms with Crippen molar-refractivity contribution in [1.82, 2.24) is 0 Å². The number of rotatable bonds is 24. The molecule has 252 valence electrons. The first-order chi connectivity index (χ1) is 22.6. The highest BCUT2D eigenvalue weighted by atomic mass is 16.7. The highest BCUT2D eigenvalue weighted by Gasteiger charge is 2.37. The van der Waals surface area contributed by atoms with E-state index in [-0.39, 0.29) is 6.10 Å². The average molecular weight is 639 g/mol. The number of hydrogen-bond acceptors (Lipinski definition) is 9. The zero-order chi connectivity index (χ0) is 32.2.